The third-order valence-electron chi connectivity index (χ3n) is 3.15. The number of halogens is 1. The van der Waals surface area contributed by atoms with Crippen molar-refractivity contribution in [1.82, 2.24) is 10.3 Å². The zero-order chi connectivity index (χ0) is 14.8. The molecule has 0 spiro atoms. The van der Waals surface area contributed by atoms with Gasteiger partial charge in [0.05, 0.1) is 10.7 Å². The van der Waals surface area contributed by atoms with Crippen molar-refractivity contribution in [2.75, 3.05) is 0 Å². The number of thiazole rings is 1. The van der Waals surface area contributed by atoms with E-state index in [0.717, 1.165) is 16.7 Å². The Labute approximate surface area is 133 Å². The molecule has 2 aromatic rings. The first-order valence-corrected chi connectivity index (χ1v) is 8.47. The van der Waals surface area contributed by atoms with Crippen molar-refractivity contribution in [2.45, 2.75) is 45.7 Å². The lowest BCUT2D eigenvalue weighted by Gasteiger charge is -2.15. The highest BCUT2D eigenvalue weighted by Gasteiger charge is 2.18. The van der Waals surface area contributed by atoms with Crippen LogP contribution in [-0.2, 0) is 12.0 Å². The van der Waals surface area contributed by atoms with Crippen molar-refractivity contribution in [3.05, 3.63) is 50.4 Å². The molecule has 1 unspecified atom stereocenters. The number of nitrogens with one attached hydrogen (secondary N) is 1. The summed E-state index contributed by atoms with van der Waals surface area (Å²) in [5.41, 5.74) is 2.56. The molecule has 1 atom stereocenters. The van der Waals surface area contributed by atoms with Gasteiger partial charge in [-0.05, 0) is 24.6 Å². The topological polar surface area (TPSA) is 24.9 Å². The minimum Gasteiger partial charge on any atom is -0.305 e. The van der Waals surface area contributed by atoms with Crippen LogP contribution in [0, 0.1) is 0 Å². The first-order valence-electron chi connectivity index (χ1n) is 6.80. The van der Waals surface area contributed by atoms with Gasteiger partial charge in [0.15, 0.2) is 0 Å². The fourth-order valence-electron chi connectivity index (χ4n) is 1.86. The quantitative estimate of drug-likeness (QED) is 0.832. The summed E-state index contributed by atoms with van der Waals surface area (Å²) < 4.78 is 1.11. The van der Waals surface area contributed by atoms with E-state index in [4.69, 9.17) is 4.98 Å². The molecule has 0 aliphatic carbocycles. The van der Waals surface area contributed by atoms with Gasteiger partial charge in [-0.25, -0.2) is 4.98 Å². The lowest BCUT2D eigenvalue weighted by Crippen LogP contribution is -2.18. The monoisotopic (exact) mass is 352 g/mol. The van der Waals surface area contributed by atoms with Gasteiger partial charge < -0.3 is 5.32 Å². The van der Waals surface area contributed by atoms with Crippen molar-refractivity contribution in [2.24, 2.45) is 0 Å². The Hall–Kier alpha value is -0.710. The Morgan fingerprint density at radius 2 is 1.90 bits per heavy atom. The fraction of sp³-hybridized carbons (Fsp3) is 0.438. The molecule has 2 nitrogen and oxygen atoms in total. The maximum Gasteiger partial charge on any atom is 0.0982 e. The van der Waals surface area contributed by atoms with Gasteiger partial charge in [-0.1, -0.05) is 48.8 Å². The third-order valence-corrected chi connectivity index (χ3v) is 5.00. The highest BCUT2D eigenvalue weighted by atomic mass is 79.9. The molecule has 0 radical (unpaired) electrons. The molecule has 1 aromatic heterocycles. The molecule has 20 heavy (non-hydrogen) atoms. The minimum absolute atomic E-state index is 0.139. The number of hydrogen-bond donors (Lipinski definition) is 1. The van der Waals surface area contributed by atoms with Crippen LogP contribution < -0.4 is 5.32 Å². The van der Waals surface area contributed by atoms with E-state index in [9.17, 15) is 0 Å². The Bertz CT molecular complexity index is 555. The van der Waals surface area contributed by atoms with Gasteiger partial charge in [0.25, 0.3) is 0 Å². The molecule has 1 N–H and O–H groups in total. The summed E-state index contributed by atoms with van der Waals surface area (Å²) in [5.74, 6) is 0. The van der Waals surface area contributed by atoms with E-state index < -0.39 is 0 Å². The lowest BCUT2D eigenvalue weighted by atomic mass is 9.98. The summed E-state index contributed by atoms with van der Waals surface area (Å²) in [6.07, 6.45) is 0. The minimum atomic E-state index is 0.139. The number of rotatable bonds is 4. The van der Waals surface area contributed by atoms with Crippen LogP contribution in [0.1, 0.15) is 50.0 Å². The van der Waals surface area contributed by atoms with Crippen molar-refractivity contribution in [3.63, 3.8) is 0 Å². The molecule has 1 heterocycles. The summed E-state index contributed by atoms with van der Waals surface area (Å²) in [5, 5.41) is 6.88. The standard InChI is InChI=1S/C16H21BrN2S/c1-11(12-5-7-13(17)8-6-12)18-9-14-10-20-15(19-14)16(2,3)4/h5-8,10-11,18H,9H2,1-4H3. The largest absolute Gasteiger partial charge is 0.305 e. The molecule has 4 heteroatoms. The van der Waals surface area contributed by atoms with E-state index in [1.807, 2.05) is 0 Å². The second-order valence-corrected chi connectivity index (χ2v) is 7.82. The van der Waals surface area contributed by atoms with Gasteiger partial charge >= 0.3 is 0 Å². The number of benzene rings is 1. The zero-order valence-corrected chi connectivity index (χ0v) is 14.8. The van der Waals surface area contributed by atoms with Crippen LogP contribution in [-0.4, -0.2) is 4.98 Å². The summed E-state index contributed by atoms with van der Waals surface area (Å²) in [4.78, 5) is 4.71. The van der Waals surface area contributed by atoms with Crippen LogP contribution in [0.5, 0.6) is 0 Å². The van der Waals surface area contributed by atoms with E-state index in [2.05, 4.69) is 78.6 Å². The molecular formula is C16H21BrN2S. The summed E-state index contributed by atoms with van der Waals surface area (Å²) in [6, 6.07) is 8.76. The summed E-state index contributed by atoms with van der Waals surface area (Å²) in [6.45, 7) is 9.60. The van der Waals surface area contributed by atoms with E-state index in [0.29, 0.717) is 6.04 Å². The van der Waals surface area contributed by atoms with Crippen LogP contribution in [0.2, 0.25) is 0 Å². The Balaban J connectivity index is 1.95. The molecular weight excluding hydrogens is 332 g/mol. The van der Waals surface area contributed by atoms with Gasteiger partial charge in [0.2, 0.25) is 0 Å². The smallest absolute Gasteiger partial charge is 0.0982 e. The predicted molar refractivity (Wildman–Crippen MR) is 90.2 cm³/mol. The molecule has 0 fully saturated rings. The summed E-state index contributed by atoms with van der Waals surface area (Å²) >= 11 is 5.21. The van der Waals surface area contributed by atoms with E-state index in [-0.39, 0.29) is 5.41 Å². The number of nitrogens with zero attached hydrogens (tertiary/aromatic N) is 1. The Kier molecular flexibility index (Phi) is 4.99. The van der Waals surface area contributed by atoms with Gasteiger partial charge in [-0.3, -0.25) is 0 Å². The normalized spacial score (nSPS) is 13.4. The van der Waals surface area contributed by atoms with Crippen LogP contribution in [0.4, 0.5) is 0 Å². The second-order valence-electron chi connectivity index (χ2n) is 6.05. The molecule has 0 saturated heterocycles. The molecule has 0 aliphatic heterocycles. The first-order chi connectivity index (χ1) is 9.36. The van der Waals surface area contributed by atoms with Crippen LogP contribution in [0.3, 0.4) is 0 Å². The van der Waals surface area contributed by atoms with Crippen LogP contribution in [0.25, 0.3) is 0 Å². The molecule has 0 amide bonds. The molecule has 1 aromatic carbocycles. The second kappa shape index (κ2) is 6.37. The molecule has 108 valence electrons. The highest BCUT2D eigenvalue weighted by Crippen LogP contribution is 2.25. The Morgan fingerprint density at radius 3 is 2.45 bits per heavy atom. The average Bonchev–Trinajstić information content (AvgIpc) is 2.85. The maximum atomic E-state index is 4.71. The average molecular weight is 353 g/mol. The van der Waals surface area contributed by atoms with Crippen LogP contribution >= 0.6 is 27.3 Å². The highest BCUT2D eigenvalue weighted by molar-refractivity contribution is 9.10. The van der Waals surface area contributed by atoms with Crippen molar-refractivity contribution < 1.29 is 0 Å². The molecule has 2 rings (SSSR count). The third kappa shape index (κ3) is 4.14. The van der Waals surface area contributed by atoms with Crippen LogP contribution in [0.15, 0.2) is 34.1 Å². The van der Waals surface area contributed by atoms with E-state index >= 15 is 0 Å². The maximum absolute atomic E-state index is 4.71. The van der Waals surface area contributed by atoms with Crippen molar-refractivity contribution in [3.8, 4) is 0 Å². The van der Waals surface area contributed by atoms with Gasteiger partial charge in [0, 0.05) is 27.9 Å². The molecule has 0 aliphatic rings. The SMILES string of the molecule is CC(NCc1csc(C(C)(C)C)n1)c1ccc(Br)cc1. The number of hydrogen-bond acceptors (Lipinski definition) is 3. The van der Waals surface area contributed by atoms with Crippen molar-refractivity contribution >= 4 is 27.3 Å². The number of aromatic nitrogens is 1. The van der Waals surface area contributed by atoms with Gasteiger partial charge in [-0.2, -0.15) is 0 Å². The van der Waals surface area contributed by atoms with Gasteiger partial charge in [0.1, 0.15) is 0 Å². The van der Waals surface area contributed by atoms with E-state index in [1.165, 1.54) is 10.6 Å². The van der Waals surface area contributed by atoms with Crippen molar-refractivity contribution in [1.29, 1.82) is 0 Å². The fourth-order valence-corrected chi connectivity index (χ4v) is 3.03. The zero-order valence-electron chi connectivity index (χ0n) is 12.4. The van der Waals surface area contributed by atoms with E-state index in [1.54, 1.807) is 11.3 Å². The summed E-state index contributed by atoms with van der Waals surface area (Å²) in [7, 11) is 0. The van der Waals surface area contributed by atoms with Gasteiger partial charge in [-0.15, -0.1) is 11.3 Å². The predicted octanol–water partition coefficient (Wildman–Crippen LogP) is 5.05. The molecule has 0 bridgehead atoms. The molecule has 0 saturated carbocycles. The Morgan fingerprint density at radius 1 is 1.25 bits per heavy atom. The first kappa shape index (κ1) is 15.7. The lowest BCUT2D eigenvalue weighted by molar-refractivity contribution is 0.556.